The van der Waals surface area contributed by atoms with E-state index in [4.69, 9.17) is 9.79 Å². The third-order valence-electron chi connectivity index (χ3n) is 3.24. The molecule has 2 N–H and O–H groups in total. The third-order valence-corrected chi connectivity index (χ3v) is 4.04. The van der Waals surface area contributed by atoms with Crippen LogP contribution in [0.4, 0.5) is 0 Å². The largest absolute Gasteiger partial charge is 0.326 e. The number of Topliss-reactive ketones (excluding diaryl/α,β-unsaturated/α-hetero) is 1. The molecule has 21 heavy (non-hydrogen) atoms. The molecule has 0 fully saturated rings. The number of benzene rings is 2. The first-order chi connectivity index (χ1) is 9.97. The molecule has 0 aromatic heterocycles. The topological polar surface area (TPSA) is 74.6 Å². The molecule has 0 bridgehead atoms. The highest BCUT2D eigenvalue weighted by Gasteiger charge is 2.24. The molecule has 0 amide bonds. The molecule has 0 spiro atoms. The van der Waals surface area contributed by atoms with E-state index in [0.29, 0.717) is 0 Å². The summed E-state index contributed by atoms with van der Waals surface area (Å²) in [6, 6.07) is 18.5. The Bertz CT molecular complexity index is 594. The Labute approximate surface area is 123 Å². The highest BCUT2D eigenvalue weighted by Crippen LogP contribution is 2.36. The van der Waals surface area contributed by atoms with Crippen molar-refractivity contribution in [2.45, 2.75) is 12.3 Å². The van der Waals surface area contributed by atoms with E-state index in [-0.39, 0.29) is 12.2 Å². The SMILES string of the molecule is O=C(CCP(=O)(O)O)C(c1ccccc1)c1ccccc1. The van der Waals surface area contributed by atoms with Gasteiger partial charge in [-0.05, 0) is 11.1 Å². The smallest absolute Gasteiger partial charge is 0.324 e. The van der Waals surface area contributed by atoms with Crippen molar-refractivity contribution in [1.82, 2.24) is 0 Å². The first-order valence-corrected chi connectivity index (χ1v) is 8.44. The highest BCUT2D eigenvalue weighted by molar-refractivity contribution is 7.51. The van der Waals surface area contributed by atoms with Crippen LogP contribution < -0.4 is 0 Å². The van der Waals surface area contributed by atoms with Crippen molar-refractivity contribution < 1.29 is 19.1 Å². The van der Waals surface area contributed by atoms with Crippen molar-refractivity contribution in [3.8, 4) is 0 Å². The Morgan fingerprint density at radius 3 is 1.71 bits per heavy atom. The van der Waals surface area contributed by atoms with Crippen LogP contribution >= 0.6 is 7.60 Å². The van der Waals surface area contributed by atoms with Gasteiger partial charge in [0.05, 0.1) is 12.1 Å². The summed E-state index contributed by atoms with van der Waals surface area (Å²) in [7, 11) is -4.16. The molecule has 0 saturated heterocycles. The van der Waals surface area contributed by atoms with Gasteiger partial charge in [0, 0.05) is 6.42 Å². The maximum absolute atomic E-state index is 12.4. The standard InChI is InChI=1S/C16H17O4P/c17-15(11-12-21(18,19)20)16(13-7-3-1-4-8-13)14-9-5-2-6-10-14/h1-10,16H,11-12H2,(H2,18,19,20). The summed E-state index contributed by atoms with van der Waals surface area (Å²) in [6.45, 7) is 0. The van der Waals surface area contributed by atoms with Crippen molar-refractivity contribution in [2.24, 2.45) is 0 Å². The lowest BCUT2D eigenvalue weighted by molar-refractivity contribution is -0.119. The van der Waals surface area contributed by atoms with Crippen LogP contribution in [0, 0.1) is 0 Å². The van der Waals surface area contributed by atoms with Crippen LogP contribution in [0.3, 0.4) is 0 Å². The fraction of sp³-hybridized carbons (Fsp3) is 0.188. The minimum absolute atomic E-state index is 0.140. The van der Waals surface area contributed by atoms with Crippen molar-refractivity contribution >= 4 is 13.4 Å². The molecule has 4 nitrogen and oxygen atoms in total. The first kappa shape index (κ1) is 15.6. The van der Waals surface area contributed by atoms with E-state index in [1.807, 2.05) is 60.7 Å². The fourth-order valence-electron chi connectivity index (χ4n) is 2.26. The first-order valence-electron chi connectivity index (χ1n) is 6.64. The lowest BCUT2D eigenvalue weighted by atomic mass is 9.87. The van der Waals surface area contributed by atoms with Gasteiger partial charge in [-0.15, -0.1) is 0 Å². The second-order valence-electron chi connectivity index (χ2n) is 4.86. The minimum atomic E-state index is -4.16. The van der Waals surface area contributed by atoms with Gasteiger partial charge in [0.2, 0.25) is 0 Å². The van der Waals surface area contributed by atoms with Crippen LogP contribution in [0.15, 0.2) is 60.7 Å². The van der Waals surface area contributed by atoms with Crippen LogP contribution in [-0.2, 0) is 9.36 Å². The fourth-order valence-corrected chi connectivity index (χ4v) is 2.77. The molecule has 0 heterocycles. The summed E-state index contributed by atoms with van der Waals surface area (Å²) >= 11 is 0. The molecule has 5 heteroatoms. The van der Waals surface area contributed by atoms with E-state index in [0.717, 1.165) is 11.1 Å². The maximum atomic E-state index is 12.4. The van der Waals surface area contributed by atoms with Crippen LogP contribution in [0.1, 0.15) is 23.5 Å². The molecule has 0 radical (unpaired) electrons. The van der Waals surface area contributed by atoms with Gasteiger partial charge >= 0.3 is 7.60 Å². The second-order valence-corrected chi connectivity index (χ2v) is 6.64. The Hall–Kier alpha value is -1.74. The average molecular weight is 304 g/mol. The Morgan fingerprint density at radius 2 is 1.33 bits per heavy atom. The zero-order valence-electron chi connectivity index (χ0n) is 11.4. The van der Waals surface area contributed by atoms with Gasteiger partial charge in [0.25, 0.3) is 0 Å². The molecule has 110 valence electrons. The van der Waals surface area contributed by atoms with Gasteiger partial charge in [-0.3, -0.25) is 9.36 Å². The summed E-state index contributed by atoms with van der Waals surface area (Å²) in [5.74, 6) is -0.672. The molecule has 0 aliphatic carbocycles. The van der Waals surface area contributed by atoms with Crippen LogP contribution in [0.5, 0.6) is 0 Å². The van der Waals surface area contributed by atoms with Crippen molar-refractivity contribution in [2.75, 3.05) is 6.16 Å². The van der Waals surface area contributed by atoms with E-state index < -0.39 is 19.7 Å². The summed E-state index contributed by atoms with van der Waals surface area (Å²) in [4.78, 5) is 30.3. The lowest BCUT2D eigenvalue weighted by Crippen LogP contribution is -2.15. The normalized spacial score (nSPS) is 11.6. The highest BCUT2D eigenvalue weighted by atomic mass is 31.2. The van der Waals surface area contributed by atoms with Crippen molar-refractivity contribution in [3.63, 3.8) is 0 Å². The molecular formula is C16H17O4P. The predicted octanol–water partition coefficient (Wildman–Crippen LogP) is 2.96. The summed E-state index contributed by atoms with van der Waals surface area (Å²) in [5.41, 5.74) is 1.67. The molecule has 2 rings (SSSR count). The molecule has 2 aromatic rings. The lowest BCUT2D eigenvalue weighted by Gasteiger charge is -2.17. The number of carbonyl (C=O) groups is 1. The monoisotopic (exact) mass is 304 g/mol. The average Bonchev–Trinajstić information content (AvgIpc) is 2.47. The van der Waals surface area contributed by atoms with E-state index in [9.17, 15) is 9.36 Å². The second kappa shape index (κ2) is 6.81. The van der Waals surface area contributed by atoms with Crippen LogP contribution in [0.2, 0.25) is 0 Å². The quantitative estimate of drug-likeness (QED) is 0.805. The van der Waals surface area contributed by atoms with Gasteiger partial charge in [-0.2, -0.15) is 0 Å². The zero-order valence-corrected chi connectivity index (χ0v) is 12.3. The van der Waals surface area contributed by atoms with E-state index in [1.54, 1.807) is 0 Å². The molecule has 0 atom stereocenters. The number of rotatable bonds is 6. The molecule has 0 saturated carbocycles. The molecule has 0 aliphatic heterocycles. The predicted molar refractivity (Wildman–Crippen MR) is 81.3 cm³/mol. The van der Waals surface area contributed by atoms with Gasteiger partial charge in [-0.25, -0.2) is 0 Å². The Morgan fingerprint density at radius 1 is 0.905 bits per heavy atom. The molecule has 0 unspecified atom stereocenters. The number of hydrogen-bond acceptors (Lipinski definition) is 2. The zero-order chi connectivity index (χ0) is 15.3. The van der Waals surface area contributed by atoms with Gasteiger partial charge in [0.1, 0.15) is 5.78 Å². The van der Waals surface area contributed by atoms with Crippen molar-refractivity contribution in [1.29, 1.82) is 0 Å². The number of carbonyl (C=O) groups excluding carboxylic acids is 1. The molecule has 0 aliphatic rings. The van der Waals surface area contributed by atoms with E-state index >= 15 is 0 Å². The minimum Gasteiger partial charge on any atom is -0.324 e. The summed E-state index contributed by atoms with van der Waals surface area (Å²) in [5, 5.41) is 0. The maximum Gasteiger partial charge on any atom is 0.326 e. The Balaban J connectivity index is 2.29. The van der Waals surface area contributed by atoms with E-state index in [2.05, 4.69) is 0 Å². The number of ketones is 1. The summed E-state index contributed by atoms with van der Waals surface area (Å²) < 4.78 is 11.0. The Kier molecular flexibility index (Phi) is 5.07. The number of hydrogen-bond donors (Lipinski definition) is 2. The third kappa shape index (κ3) is 4.64. The van der Waals surface area contributed by atoms with Crippen molar-refractivity contribution in [3.05, 3.63) is 71.8 Å². The molecular weight excluding hydrogens is 287 g/mol. The summed E-state index contributed by atoms with van der Waals surface area (Å²) in [6.07, 6.45) is -0.555. The van der Waals surface area contributed by atoms with Gasteiger partial charge in [-0.1, -0.05) is 60.7 Å². The molecule has 2 aromatic carbocycles. The van der Waals surface area contributed by atoms with E-state index in [1.165, 1.54) is 0 Å². The van der Waals surface area contributed by atoms with Crippen LogP contribution in [0.25, 0.3) is 0 Å². The van der Waals surface area contributed by atoms with Gasteiger partial charge < -0.3 is 9.79 Å². The van der Waals surface area contributed by atoms with Crippen LogP contribution in [-0.4, -0.2) is 21.7 Å². The van der Waals surface area contributed by atoms with Gasteiger partial charge in [0.15, 0.2) is 0 Å².